The topological polar surface area (TPSA) is 6.48 Å². The van der Waals surface area contributed by atoms with E-state index in [0.717, 1.165) is 19.5 Å². The van der Waals surface area contributed by atoms with Gasteiger partial charge < -0.3 is 9.80 Å². The Morgan fingerprint density at radius 2 is 1.52 bits per heavy atom. The van der Waals surface area contributed by atoms with Crippen LogP contribution in [0, 0.1) is 0 Å². The van der Waals surface area contributed by atoms with Gasteiger partial charge in [0.25, 0.3) is 0 Å². The van der Waals surface area contributed by atoms with Gasteiger partial charge >= 0.3 is 0 Å². The van der Waals surface area contributed by atoms with Gasteiger partial charge in [-0.05, 0) is 68.0 Å². The van der Waals surface area contributed by atoms with Crippen molar-refractivity contribution in [3.8, 4) is 11.1 Å². The molecule has 2 aromatic rings. The van der Waals surface area contributed by atoms with Crippen molar-refractivity contribution in [3.05, 3.63) is 58.7 Å². The summed E-state index contributed by atoms with van der Waals surface area (Å²) < 4.78 is 0. The molecule has 2 nitrogen and oxygen atoms in total. The lowest BCUT2D eigenvalue weighted by Gasteiger charge is -2.21. The summed E-state index contributed by atoms with van der Waals surface area (Å²) >= 11 is 0. The van der Waals surface area contributed by atoms with Crippen LogP contribution in [0.15, 0.2) is 36.4 Å². The van der Waals surface area contributed by atoms with Gasteiger partial charge in [-0.25, -0.2) is 0 Å². The summed E-state index contributed by atoms with van der Waals surface area (Å²) in [5.41, 5.74) is 8.81. The Hall–Kier alpha value is -1.64. The van der Waals surface area contributed by atoms with Crippen LogP contribution in [-0.4, -0.2) is 38.0 Å². The molecular weight excluding hydrogens is 256 g/mol. The minimum atomic E-state index is 0.999. The SMILES string of the molecule is CN(C)Cc1ccc2c(c1CN(C)C)-c1ccccc1C2. The molecule has 1 aliphatic rings. The first-order valence-electron chi connectivity index (χ1n) is 7.57. The Labute approximate surface area is 128 Å². The average Bonchev–Trinajstić information content (AvgIpc) is 2.79. The van der Waals surface area contributed by atoms with Gasteiger partial charge in [0.2, 0.25) is 0 Å². The van der Waals surface area contributed by atoms with Crippen molar-refractivity contribution >= 4 is 0 Å². The van der Waals surface area contributed by atoms with Gasteiger partial charge in [-0.15, -0.1) is 0 Å². The maximum absolute atomic E-state index is 2.33. The first kappa shape index (κ1) is 14.3. The smallest absolute Gasteiger partial charge is 0.0237 e. The van der Waals surface area contributed by atoms with Crippen molar-refractivity contribution in [3.63, 3.8) is 0 Å². The molecule has 0 saturated carbocycles. The fraction of sp³-hybridized carbons (Fsp3) is 0.368. The molecule has 0 bridgehead atoms. The molecule has 0 unspecified atom stereocenters. The van der Waals surface area contributed by atoms with Crippen LogP contribution in [-0.2, 0) is 19.5 Å². The third-order valence-electron chi connectivity index (χ3n) is 4.12. The maximum Gasteiger partial charge on any atom is 0.0237 e. The predicted octanol–water partition coefficient (Wildman–Crippen LogP) is 3.38. The molecule has 0 heterocycles. The largest absolute Gasteiger partial charge is 0.305 e. The first-order chi connectivity index (χ1) is 10.1. The van der Waals surface area contributed by atoms with Crippen LogP contribution in [0.4, 0.5) is 0 Å². The van der Waals surface area contributed by atoms with Gasteiger partial charge in [0.15, 0.2) is 0 Å². The Bertz CT molecular complexity index is 657. The highest BCUT2D eigenvalue weighted by atomic mass is 15.1. The lowest BCUT2D eigenvalue weighted by atomic mass is 9.94. The molecule has 0 saturated heterocycles. The minimum absolute atomic E-state index is 0.999. The van der Waals surface area contributed by atoms with E-state index in [9.17, 15) is 0 Å². The van der Waals surface area contributed by atoms with E-state index in [1.807, 2.05) is 0 Å². The molecule has 0 radical (unpaired) electrons. The molecule has 0 aliphatic heterocycles. The molecule has 110 valence electrons. The molecule has 21 heavy (non-hydrogen) atoms. The highest BCUT2D eigenvalue weighted by Gasteiger charge is 2.23. The van der Waals surface area contributed by atoms with Crippen molar-refractivity contribution < 1.29 is 0 Å². The molecule has 0 atom stereocenters. The number of nitrogens with zero attached hydrogens (tertiary/aromatic N) is 2. The Morgan fingerprint density at radius 1 is 0.810 bits per heavy atom. The standard InChI is InChI=1S/C19H24N2/c1-20(2)12-16-10-9-15-11-14-7-5-6-8-17(14)19(15)18(16)13-21(3)4/h5-10H,11-13H2,1-4H3. The third-order valence-corrected chi connectivity index (χ3v) is 4.12. The monoisotopic (exact) mass is 280 g/mol. The van der Waals surface area contributed by atoms with E-state index in [4.69, 9.17) is 0 Å². The van der Waals surface area contributed by atoms with E-state index >= 15 is 0 Å². The third kappa shape index (κ3) is 2.74. The summed E-state index contributed by atoms with van der Waals surface area (Å²) in [5, 5.41) is 0. The zero-order valence-electron chi connectivity index (χ0n) is 13.5. The van der Waals surface area contributed by atoms with Crippen LogP contribution in [0.1, 0.15) is 22.3 Å². The molecule has 0 aromatic heterocycles. The quantitative estimate of drug-likeness (QED) is 0.723. The van der Waals surface area contributed by atoms with Crippen molar-refractivity contribution in [2.24, 2.45) is 0 Å². The summed E-state index contributed by atoms with van der Waals surface area (Å²) in [6, 6.07) is 13.5. The fourth-order valence-electron chi connectivity index (χ4n) is 3.33. The van der Waals surface area contributed by atoms with E-state index < -0.39 is 0 Å². The van der Waals surface area contributed by atoms with Crippen molar-refractivity contribution in [2.75, 3.05) is 28.2 Å². The minimum Gasteiger partial charge on any atom is -0.305 e. The van der Waals surface area contributed by atoms with Crippen molar-refractivity contribution in [1.29, 1.82) is 0 Å². The number of fused-ring (bicyclic) bond motifs is 3. The summed E-state index contributed by atoms with van der Waals surface area (Å²) in [6.07, 6.45) is 1.08. The molecular formula is C19H24N2. The second-order valence-corrected chi connectivity index (χ2v) is 6.55. The Morgan fingerprint density at radius 3 is 2.24 bits per heavy atom. The molecule has 1 aliphatic carbocycles. The van der Waals surface area contributed by atoms with E-state index in [-0.39, 0.29) is 0 Å². The van der Waals surface area contributed by atoms with Crippen LogP contribution in [0.25, 0.3) is 11.1 Å². The first-order valence-corrected chi connectivity index (χ1v) is 7.57. The average molecular weight is 280 g/mol. The van der Waals surface area contributed by atoms with Crippen molar-refractivity contribution in [2.45, 2.75) is 19.5 Å². The molecule has 0 fully saturated rings. The van der Waals surface area contributed by atoms with Crippen LogP contribution in [0.3, 0.4) is 0 Å². The lowest BCUT2D eigenvalue weighted by Crippen LogP contribution is -2.17. The highest BCUT2D eigenvalue weighted by molar-refractivity contribution is 5.80. The van der Waals surface area contributed by atoms with Gasteiger partial charge in [0.05, 0.1) is 0 Å². The second-order valence-electron chi connectivity index (χ2n) is 6.55. The Balaban J connectivity index is 2.16. The number of hydrogen-bond acceptors (Lipinski definition) is 2. The number of benzene rings is 2. The van der Waals surface area contributed by atoms with Crippen molar-refractivity contribution in [1.82, 2.24) is 9.80 Å². The summed E-state index contributed by atoms with van der Waals surface area (Å²) in [7, 11) is 8.58. The van der Waals surface area contributed by atoms with Gasteiger partial charge in [-0.1, -0.05) is 36.4 Å². The molecule has 0 amide bonds. The summed E-state index contributed by atoms with van der Waals surface area (Å²) in [6.45, 7) is 2.00. The van der Waals surface area contributed by atoms with Crippen LogP contribution in [0.2, 0.25) is 0 Å². The summed E-state index contributed by atoms with van der Waals surface area (Å²) in [5.74, 6) is 0. The second kappa shape index (κ2) is 5.63. The molecule has 0 spiro atoms. The molecule has 2 heteroatoms. The van der Waals surface area contributed by atoms with Crippen LogP contribution >= 0.6 is 0 Å². The van der Waals surface area contributed by atoms with Gasteiger partial charge in [-0.2, -0.15) is 0 Å². The summed E-state index contributed by atoms with van der Waals surface area (Å²) in [4.78, 5) is 4.53. The Kier molecular flexibility index (Phi) is 3.83. The van der Waals surface area contributed by atoms with Crippen LogP contribution < -0.4 is 0 Å². The lowest BCUT2D eigenvalue weighted by molar-refractivity contribution is 0.381. The highest BCUT2D eigenvalue weighted by Crippen LogP contribution is 2.40. The van der Waals surface area contributed by atoms with E-state index in [1.54, 1.807) is 0 Å². The normalized spacial score (nSPS) is 12.9. The van der Waals surface area contributed by atoms with Gasteiger partial charge in [-0.3, -0.25) is 0 Å². The zero-order chi connectivity index (χ0) is 15.0. The van der Waals surface area contributed by atoms with E-state index in [2.05, 4.69) is 74.4 Å². The van der Waals surface area contributed by atoms with Crippen LogP contribution in [0.5, 0.6) is 0 Å². The predicted molar refractivity (Wildman–Crippen MR) is 89.5 cm³/mol. The van der Waals surface area contributed by atoms with E-state index in [0.29, 0.717) is 0 Å². The van der Waals surface area contributed by atoms with Gasteiger partial charge in [0, 0.05) is 13.1 Å². The molecule has 2 aromatic carbocycles. The van der Waals surface area contributed by atoms with E-state index in [1.165, 1.54) is 33.4 Å². The number of rotatable bonds is 4. The molecule has 3 rings (SSSR count). The van der Waals surface area contributed by atoms with Gasteiger partial charge in [0.1, 0.15) is 0 Å². The molecule has 0 N–H and O–H groups in total. The zero-order valence-corrected chi connectivity index (χ0v) is 13.5. The number of hydrogen-bond donors (Lipinski definition) is 0. The maximum atomic E-state index is 2.33. The fourth-order valence-corrected chi connectivity index (χ4v) is 3.33.